The molecule has 15 heavy (non-hydrogen) atoms. The Balaban J connectivity index is 2.69. The fraction of sp³-hybridized carbons (Fsp3) is 0.500. The Morgan fingerprint density at radius 3 is 2.93 bits per heavy atom. The monoisotopic (exact) mass is 212 g/mol. The molecule has 0 amide bonds. The molecule has 0 aliphatic heterocycles. The van der Waals surface area contributed by atoms with Crippen molar-refractivity contribution in [1.82, 2.24) is 9.97 Å². The summed E-state index contributed by atoms with van der Waals surface area (Å²) in [5, 5.41) is 10.4. The maximum absolute atomic E-state index is 10.4. The topological polar surface area (TPSA) is 104 Å². The van der Waals surface area contributed by atoms with Crippen LogP contribution in [0.25, 0.3) is 0 Å². The van der Waals surface area contributed by atoms with Crippen LogP contribution in [0.1, 0.15) is 19.8 Å². The largest absolute Gasteiger partial charge is 0.463 e. The van der Waals surface area contributed by atoms with Crippen molar-refractivity contribution in [3.05, 3.63) is 16.3 Å². The molecule has 0 spiro atoms. The Morgan fingerprint density at radius 2 is 2.40 bits per heavy atom. The van der Waals surface area contributed by atoms with Crippen molar-refractivity contribution in [3.8, 4) is 6.01 Å². The van der Waals surface area contributed by atoms with Gasteiger partial charge >= 0.3 is 11.7 Å². The number of nitrogens with zero attached hydrogens (tertiary/aromatic N) is 3. The van der Waals surface area contributed by atoms with Gasteiger partial charge in [-0.1, -0.05) is 13.3 Å². The summed E-state index contributed by atoms with van der Waals surface area (Å²) in [6, 6.07) is 0.0755. The summed E-state index contributed by atoms with van der Waals surface area (Å²) in [4.78, 5) is 17.1. The van der Waals surface area contributed by atoms with Crippen LogP contribution in [0, 0.1) is 10.1 Å². The van der Waals surface area contributed by atoms with Gasteiger partial charge in [-0.3, -0.25) is 10.1 Å². The number of unbranched alkanes of at least 4 members (excludes halogenated alkanes) is 1. The van der Waals surface area contributed by atoms with E-state index in [-0.39, 0.29) is 17.5 Å². The third kappa shape index (κ3) is 3.04. The Kier molecular flexibility index (Phi) is 3.78. The van der Waals surface area contributed by atoms with Crippen LogP contribution < -0.4 is 10.5 Å². The van der Waals surface area contributed by atoms with Crippen LogP contribution in [-0.4, -0.2) is 21.5 Å². The summed E-state index contributed by atoms with van der Waals surface area (Å²) in [5.41, 5.74) is 5.05. The molecule has 0 saturated carbocycles. The predicted octanol–water partition coefficient (Wildman–Crippen LogP) is 1.15. The van der Waals surface area contributed by atoms with E-state index < -0.39 is 4.92 Å². The minimum atomic E-state index is -0.634. The van der Waals surface area contributed by atoms with Crippen molar-refractivity contribution in [2.45, 2.75) is 19.8 Å². The van der Waals surface area contributed by atoms with Gasteiger partial charge in [0, 0.05) is 0 Å². The van der Waals surface area contributed by atoms with Crippen LogP contribution in [0.4, 0.5) is 11.5 Å². The minimum Gasteiger partial charge on any atom is -0.463 e. The van der Waals surface area contributed by atoms with E-state index in [1.54, 1.807) is 0 Å². The summed E-state index contributed by atoms with van der Waals surface area (Å²) in [7, 11) is 0. The molecule has 0 aromatic carbocycles. The summed E-state index contributed by atoms with van der Waals surface area (Å²) < 4.78 is 5.14. The maximum atomic E-state index is 10.4. The molecule has 82 valence electrons. The molecule has 7 heteroatoms. The number of nitrogen functional groups attached to an aromatic ring is 1. The number of hydrogen-bond acceptors (Lipinski definition) is 6. The van der Waals surface area contributed by atoms with E-state index >= 15 is 0 Å². The van der Waals surface area contributed by atoms with E-state index in [0.717, 1.165) is 19.0 Å². The minimum absolute atomic E-state index is 0.0755. The fourth-order valence-corrected chi connectivity index (χ4v) is 0.890. The highest BCUT2D eigenvalue weighted by molar-refractivity contribution is 5.50. The molecule has 1 aromatic heterocycles. The summed E-state index contributed by atoms with van der Waals surface area (Å²) in [5.74, 6) is -0.179. The average Bonchev–Trinajstić information content (AvgIpc) is 2.17. The second kappa shape index (κ2) is 5.08. The molecule has 0 bridgehead atoms. The lowest BCUT2D eigenvalue weighted by atomic mass is 10.4. The van der Waals surface area contributed by atoms with Crippen molar-refractivity contribution >= 4 is 11.5 Å². The number of nitro groups is 1. The Hall–Kier alpha value is -1.92. The third-order valence-electron chi connectivity index (χ3n) is 1.70. The highest BCUT2D eigenvalue weighted by Gasteiger charge is 2.14. The number of anilines is 1. The summed E-state index contributed by atoms with van der Waals surface area (Å²) >= 11 is 0. The average molecular weight is 212 g/mol. The Bertz CT molecular complexity index is 356. The van der Waals surface area contributed by atoms with Crippen molar-refractivity contribution in [1.29, 1.82) is 0 Å². The number of ether oxygens (including phenoxy) is 1. The van der Waals surface area contributed by atoms with Gasteiger partial charge in [0.2, 0.25) is 5.82 Å². The van der Waals surface area contributed by atoms with Crippen molar-refractivity contribution in [3.63, 3.8) is 0 Å². The van der Waals surface area contributed by atoms with Gasteiger partial charge < -0.3 is 10.5 Å². The standard InChI is InChI=1S/C8H12N4O3/c1-2-3-4-15-8-10-5-6(12(13)14)7(9)11-8/h5H,2-4H2,1H3,(H2,9,10,11). The molecular weight excluding hydrogens is 200 g/mol. The molecule has 0 fully saturated rings. The van der Waals surface area contributed by atoms with E-state index in [4.69, 9.17) is 10.5 Å². The molecule has 0 saturated heterocycles. The highest BCUT2D eigenvalue weighted by Crippen LogP contribution is 2.19. The van der Waals surface area contributed by atoms with Crippen LogP contribution in [-0.2, 0) is 0 Å². The summed E-state index contributed by atoms with van der Waals surface area (Å²) in [6.07, 6.45) is 2.91. The predicted molar refractivity (Wildman–Crippen MR) is 53.5 cm³/mol. The molecule has 0 aliphatic rings. The lowest BCUT2D eigenvalue weighted by molar-refractivity contribution is -0.384. The van der Waals surface area contributed by atoms with Crippen molar-refractivity contribution < 1.29 is 9.66 Å². The van der Waals surface area contributed by atoms with Gasteiger partial charge in [-0.2, -0.15) is 9.97 Å². The van der Waals surface area contributed by atoms with Crippen LogP contribution in [0.5, 0.6) is 6.01 Å². The normalized spacial score (nSPS) is 9.93. The molecule has 0 radical (unpaired) electrons. The molecule has 0 unspecified atom stereocenters. The van der Waals surface area contributed by atoms with Gasteiger partial charge in [0.05, 0.1) is 11.5 Å². The van der Waals surface area contributed by atoms with E-state index in [1.807, 2.05) is 6.92 Å². The zero-order chi connectivity index (χ0) is 11.3. The van der Waals surface area contributed by atoms with Crippen molar-refractivity contribution in [2.24, 2.45) is 0 Å². The molecule has 1 rings (SSSR count). The first kappa shape index (κ1) is 11.2. The zero-order valence-corrected chi connectivity index (χ0v) is 8.34. The first-order chi connectivity index (χ1) is 7.15. The fourth-order valence-electron chi connectivity index (χ4n) is 0.890. The van der Waals surface area contributed by atoms with E-state index in [2.05, 4.69) is 9.97 Å². The van der Waals surface area contributed by atoms with Gasteiger partial charge in [-0.25, -0.2) is 0 Å². The SMILES string of the molecule is CCCCOc1ncc([N+](=O)[O-])c(N)n1. The van der Waals surface area contributed by atoms with Gasteiger partial charge in [0.15, 0.2) is 0 Å². The van der Waals surface area contributed by atoms with E-state index in [0.29, 0.717) is 6.61 Å². The molecular formula is C8H12N4O3. The number of aromatic nitrogens is 2. The maximum Gasteiger partial charge on any atom is 0.329 e. The lowest BCUT2D eigenvalue weighted by Gasteiger charge is -2.03. The smallest absolute Gasteiger partial charge is 0.329 e. The number of hydrogen-bond donors (Lipinski definition) is 1. The van der Waals surface area contributed by atoms with Crippen LogP contribution in [0.2, 0.25) is 0 Å². The quantitative estimate of drug-likeness (QED) is 0.446. The molecule has 7 nitrogen and oxygen atoms in total. The van der Waals surface area contributed by atoms with Crippen LogP contribution >= 0.6 is 0 Å². The third-order valence-corrected chi connectivity index (χ3v) is 1.70. The van der Waals surface area contributed by atoms with Crippen molar-refractivity contribution in [2.75, 3.05) is 12.3 Å². The van der Waals surface area contributed by atoms with E-state index in [9.17, 15) is 10.1 Å². The zero-order valence-electron chi connectivity index (χ0n) is 8.34. The first-order valence-electron chi connectivity index (χ1n) is 4.55. The Labute approximate surface area is 86.4 Å². The number of nitrogens with two attached hydrogens (primary N) is 1. The summed E-state index contributed by atoms with van der Waals surface area (Å²) in [6.45, 7) is 2.50. The van der Waals surface area contributed by atoms with E-state index in [1.165, 1.54) is 0 Å². The lowest BCUT2D eigenvalue weighted by Crippen LogP contribution is -2.05. The second-order valence-corrected chi connectivity index (χ2v) is 2.88. The Morgan fingerprint density at radius 1 is 1.67 bits per heavy atom. The molecule has 0 atom stereocenters. The molecule has 2 N–H and O–H groups in total. The molecule has 0 aliphatic carbocycles. The van der Waals surface area contributed by atoms with Gasteiger partial charge in [-0.05, 0) is 6.42 Å². The van der Waals surface area contributed by atoms with Gasteiger partial charge in [-0.15, -0.1) is 0 Å². The first-order valence-corrected chi connectivity index (χ1v) is 4.55. The second-order valence-electron chi connectivity index (χ2n) is 2.88. The van der Waals surface area contributed by atoms with Crippen LogP contribution in [0.3, 0.4) is 0 Å². The number of rotatable bonds is 5. The molecule has 1 heterocycles. The molecule has 1 aromatic rings. The van der Waals surface area contributed by atoms with Crippen LogP contribution in [0.15, 0.2) is 6.20 Å². The van der Waals surface area contributed by atoms with Gasteiger partial charge in [0.1, 0.15) is 6.20 Å². The van der Waals surface area contributed by atoms with Gasteiger partial charge in [0.25, 0.3) is 0 Å². The highest BCUT2D eigenvalue weighted by atomic mass is 16.6.